The van der Waals surface area contributed by atoms with Crippen LogP contribution in [-0.4, -0.2) is 54.7 Å². The Hall–Kier alpha value is -2.74. The van der Waals surface area contributed by atoms with Crippen molar-refractivity contribution >= 4 is 23.7 Å². The SMILES string of the molecule is CCOC(=O)[C@@H]1C(=O)C[C@](C)(O)[C@H](C(=O)OCC)[C@@H]1c1ccc(C(=O)OC)cc1. The van der Waals surface area contributed by atoms with Crippen molar-refractivity contribution < 1.29 is 38.5 Å². The molecule has 1 aliphatic carbocycles. The number of methoxy groups -OCH3 is 1. The molecule has 0 aromatic heterocycles. The average Bonchev–Trinajstić information content (AvgIpc) is 2.66. The maximum absolute atomic E-state index is 12.8. The molecule has 0 saturated heterocycles. The van der Waals surface area contributed by atoms with E-state index in [1.54, 1.807) is 13.8 Å². The van der Waals surface area contributed by atoms with E-state index in [0.29, 0.717) is 5.56 Å². The van der Waals surface area contributed by atoms with Gasteiger partial charge in [0.15, 0.2) is 5.78 Å². The summed E-state index contributed by atoms with van der Waals surface area (Å²) < 4.78 is 14.9. The highest BCUT2D eigenvalue weighted by Crippen LogP contribution is 2.46. The lowest BCUT2D eigenvalue weighted by Crippen LogP contribution is -2.55. The fourth-order valence-corrected chi connectivity index (χ4v) is 3.84. The normalized spacial score (nSPS) is 26.5. The number of carbonyl (C=O) groups is 4. The van der Waals surface area contributed by atoms with Gasteiger partial charge in [0, 0.05) is 12.3 Å². The Kier molecular flexibility index (Phi) is 7.13. The van der Waals surface area contributed by atoms with Gasteiger partial charge in [0.2, 0.25) is 0 Å². The molecule has 1 aromatic rings. The van der Waals surface area contributed by atoms with Gasteiger partial charge in [-0.3, -0.25) is 14.4 Å². The third-order valence-electron chi connectivity index (χ3n) is 5.06. The summed E-state index contributed by atoms with van der Waals surface area (Å²) in [6.07, 6.45) is -0.378. The lowest BCUT2D eigenvalue weighted by Gasteiger charge is -2.43. The molecule has 0 spiro atoms. The number of hydrogen-bond donors (Lipinski definition) is 1. The van der Waals surface area contributed by atoms with Crippen molar-refractivity contribution in [2.24, 2.45) is 11.8 Å². The predicted octanol–water partition coefficient (Wildman–Crippen LogP) is 1.64. The Morgan fingerprint density at radius 1 is 1.07 bits per heavy atom. The zero-order valence-corrected chi connectivity index (χ0v) is 17.0. The third-order valence-corrected chi connectivity index (χ3v) is 5.06. The number of Topliss-reactive ketones (excluding diaryl/α,β-unsaturated/α-hetero) is 1. The number of carbonyl (C=O) groups excluding carboxylic acids is 4. The number of aliphatic hydroxyl groups is 1. The summed E-state index contributed by atoms with van der Waals surface area (Å²) in [5, 5.41) is 10.9. The van der Waals surface area contributed by atoms with E-state index in [4.69, 9.17) is 9.47 Å². The third kappa shape index (κ3) is 4.64. The van der Waals surface area contributed by atoms with E-state index >= 15 is 0 Å². The minimum atomic E-state index is -1.71. The average molecular weight is 406 g/mol. The summed E-state index contributed by atoms with van der Waals surface area (Å²) in [5.74, 6) is -5.97. The molecular formula is C21H26O8. The number of esters is 3. The molecule has 0 bridgehead atoms. The standard InChI is InChI=1S/C21H26O8/c1-5-28-19(24)16-14(22)11-21(3,26)17(20(25)29-6-2)15(16)12-7-9-13(10-8-12)18(23)27-4/h7-10,15-17,26H,5-6,11H2,1-4H3/t15-,16-,17+,21+/m1/s1. The van der Waals surface area contributed by atoms with Crippen LogP contribution in [0.4, 0.5) is 0 Å². The summed E-state index contributed by atoms with van der Waals surface area (Å²) >= 11 is 0. The lowest BCUT2D eigenvalue weighted by atomic mass is 9.61. The number of rotatable bonds is 6. The van der Waals surface area contributed by atoms with Crippen LogP contribution in [0.3, 0.4) is 0 Å². The molecule has 0 aliphatic heterocycles. The molecule has 0 heterocycles. The number of hydrogen-bond acceptors (Lipinski definition) is 8. The molecule has 8 nitrogen and oxygen atoms in total. The van der Waals surface area contributed by atoms with Crippen molar-refractivity contribution in [2.45, 2.75) is 38.7 Å². The Morgan fingerprint density at radius 3 is 2.14 bits per heavy atom. The second-order valence-corrected chi connectivity index (χ2v) is 7.10. The van der Waals surface area contributed by atoms with Gasteiger partial charge in [-0.2, -0.15) is 0 Å². The van der Waals surface area contributed by atoms with Gasteiger partial charge in [0.1, 0.15) is 5.92 Å². The van der Waals surface area contributed by atoms with Crippen molar-refractivity contribution in [1.82, 2.24) is 0 Å². The molecule has 158 valence electrons. The first-order valence-corrected chi connectivity index (χ1v) is 9.44. The Morgan fingerprint density at radius 2 is 1.62 bits per heavy atom. The zero-order valence-electron chi connectivity index (χ0n) is 17.0. The van der Waals surface area contributed by atoms with Crippen molar-refractivity contribution in [3.05, 3.63) is 35.4 Å². The summed E-state index contributed by atoms with van der Waals surface area (Å²) in [4.78, 5) is 49.8. The van der Waals surface area contributed by atoms with Crippen LogP contribution in [0.2, 0.25) is 0 Å². The molecule has 1 fully saturated rings. The van der Waals surface area contributed by atoms with Gasteiger partial charge < -0.3 is 19.3 Å². The minimum absolute atomic E-state index is 0.0665. The van der Waals surface area contributed by atoms with E-state index in [1.165, 1.54) is 38.3 Å². The van der Waals surface area contributed by atoms with E-state index in [2.05, 4.69) is 4.74 Å². The van der Waals surface area contributed by atoms with Gasteiger partial charge in [-0.1, -0.05) is 12.1 Å². The quantitative estimate of drug-likeness (QED) is 0.431. The molecular weight excluding hydrogens is 380 g/mol. The molecule has 2 rings (SSSR count). The van der Waals surface area contributed by atoms with E-state index < -0.39 is 47.0 Å². The van der Waals surface area contributed by atoms with Crippen LogP contribution in [0.1, 0.15) is 49.0 Å². The molecule has 1 N–H and O–H groups in total. The van der Waals surface area contributed by atoms with Crippen molar-refractivity contribution in [3.63, 3.8) is 0 Å². The largest absolute Gasteiger partial charge is 0.466 e. The molecule has 0 unspecified atom stereocenters. The van der Waals surface area contributed by atoms with Crippen molar-refractivity contribution in [3.8, 4) is 0 Å². The zero-order chi connectivity index (χ0) is 21.8. The van der Waals surface area contributed by atoms with Gasteiger partial charge in [-0.15, -0.1) is 0 Å². The molecule has 29 heavy (non-hydrogen) atoms. The van der Waals surface area contributed by atoms with E-state index in [1.807, 2.05) is 0 Å². The van der Waals surface area contributed by atoms with Gasteiger partial charge in [0.05, 0.1) is 37.4 Å². The monoisotopic (exact) mass is 406 g/mol. The van der Waals surface area contributed by atoms with E-state index in [9.17, 15) is 24.3 Å². The Balaban J connectivity index is 2.59. The number of benzene rings is 1. The smallest absolute Gasteiger partial charge is 0.337 e. The van der Waals surface area contributed by atoms with Crippen LogP contribution in [0.25, 0.3) is 0 Å². The fraction of sp³-hybridized carbons (Fsp3) is 0.524. The van der Waals surface area contributed by atoms with Crippen molar-refractivity contribution in [2.75, 3.05) is 20.3 Å². The van der Waals surface area contributed by atoms with Crippen LogP contribution < -0.4 is 0 Å². The maximum atomic E-state index is 12.8. The fourth-order valence-electron chi connectivity index (χ4n) is 3.84. The van der Waals surface area contributed by atoms with E-state index in [0.717, 1.165) is 0 Å². The number of ketones is 1. The highest BCUT2D eigenvalue weighted by molar-refractivity contribution is 6.02. The molecule has 0 radical (unpaired) electrons. The molecule has 1 aromatic carbocycles. The topological polar surface area (TPSA) is 116 Å². The molecule has 1 aliphatic rings. The van der Waals surface area contributed by atoms with Crippen LogP contribution in [-0.2, 0) is 28.6 Å². The van der Waals surface area contributed by atoms with Gasteiger partial charge in [-0.25, -0.2) is 4.79 Å². The molecule has 0 amide bonds. The van der Waals surface area contributed by atoms with Crippen LogP contribution in [0.15, 0.2) is 24.3 Å². The second kappa shape index (κ2) is 9.17. The van der Waals surface area contributed by atoms with Gasteiger partial charge >= 0.3 is 17.9 Å². The Bertz CT molecular complexity index is 780. The Labute approximate surface area is 169 Å². The molecule has 8 heteroatoms. The highest BCUT2D eigenvalue weighted by Gasteiger charge is 2.57. The highest BCUT2D eigenvalue weighted by atomic mass is 16.5. The van der Waals surface area contributed by atoms with Gasteiger partial charge in [0.25, 0.3) is 0 Å². The van der Waals surface area contributed by atoms with Crippen LogP contribution in [0, 0.1) is 11.8 Å². The predicted molar refractivity (Wildman–Crippen MR) is 101 cm³/mol. The van der Waals surface area contributed by atoms with Crippen LogP contribution in [0.5, 0.6) is 0 Å². The summed E-state index contributed by atoms with van der Waals surface area (Å²) in [6, 6.07) is 6.01. The first-order chi connectivity index (χ1) is 13.7. The number of ether oxygens (including phenoxy) is 3. The first-order valence-electron chi connectivity index (χ1n) is 9.44. The van der Waals surface area contributed by atoms with E-state index in [-0.39, 0.29) is 25.2 Å². The minimum Gasteiger partial charge on any atom is -0.466 e. The molecule has 4 atom stereocenters. The van der Waals surface area contributed by atoms with Crippen LogP contribution >= 0.6 is 0 Å². The second-order valence-electron chi connectivity index (χ2n) is 7.10. The first kappa shape index (κ1) is 22.5. The summed E-state index contributed by atoms with van der Waals surface area (Å²) in [6.45, 7) is 4.77. The van der Waals surface area contributed by atoms with Gasteiger partial charge in [-0.05, 0) is 38.5 Å². The summed E-state index contributed by atoms with van der Waals surface area (Å²) in [5.41, 5.74) is -1.01. The van der Waals surface area contributed by atoms with Crippen molar-refractivity contribution in [1.29, 1.82) is 0 Å². The lowest BCUT2D eigenvalue weighted by molar-refractivity contribution is -0.172. The summed E-state index contributed by atoms with van der Waals surface area (Å²) in [7, 11) is 1.25. The maximum Gasteiger partial charge on any atom is 0.337 e. The molecule has 1 saturated carbocycles.